The molecule has 1 aliphatic carbocycles. The summed E-state index contributed by atoms with van der Waals surface area (Å²) in [6.07, 6.45) is -1.11. The summed E-state index contributed by atoms with van der Waals surface area (Å²) in [4.78, 5) is 13.1. The fourth-order valence-corrected chi connectivity index (χ4v) is 4.81. The third-order valence-electron chi connectivity index (χ3n) is 6.25. The van der Waals surface area contributed by atoms with E-state index in [0.717, 1.165) is 37.6 Å². The zero-order valence-corrected chi connectivity index (χ0v) is 17.1. The molecule has 0 bridgehead atoms. The lowest BCUT2D eigenvalue weighted by Gasteiger charge is -2.44. The maximum atomic E-state index is 13.2. The van der Waals surface area contributed by atoms with Crippen LogP contribution in [0.1, 0.15) is 36.2 Å². The Labute approximate surface area is 177 Å². The molecule has 1 aliphatic heterocycles. The minimum absolute atomic E-state index is 0.0995. The number of nitrogens with one attached hydrogen (secondary N) is 2. The number of hydrogen-bond donors (Lipinski definition) is 2. The van der Waals surface area contributed by atoms with Crippen LogP contribution in [0.4, 0.5) is 19.0 Å². The van der Waals surface area contributed by atoms with Crippen molar-refractivity contribution in [3.05, 3.63) is 53.5 Å². The Bertz CT molecular complexity index is 1080. The van der Waals surface area contributed by atoms with Crippen LogP contribution in [0.5, 0.6) is 0 Å². The lowest BCUT2D eigenvalue weighted by molar-refractivity contribution is -0.140. The fraction of sp³-hybridized carbons (Fsp3) is 0.455. The van der Waals surface area contributed by atoms with Crippen LogP contribution in [0, 0.1) is 0 Å². The number of aromatic nitrogens is 3. The molecule has 3 aromatic rings. The van der Waals surface area contributed by atoms with Gasteiger partial charge in [-0.1, -0.05) is 24.3 Å². The molecule has 0 radical (unpaired) electrons. The molecule has 3 atom stereocenters. The minimum Gasteiger partial charge on any atom is -0.376 e. The van der Waals surface area contributed by atoms with Gasteiger partial charge in [-0.05, 0) is 37.0 Å². The van der Waals surface area contributed by atoms with Crippen molar-refractivity contribution in [1.82, 2.24) is 19.9 Å². The summed E-state index contributed by atoms with van der Waals surface area (Å²) in [7, 11) is 0. The molecule has 2 aromatic heterocycles. The summed E-state index contributed by atoms with van der Waals surface area (Å²) in [6.45, 7) is 4.40. The number of anilines is 1. The highest BCUT2D eigenvalue weighted by atomic mass is 19.4. The highest BCUT2D eigenvalue weighted by Crippen LogP contribution is 2.38. The molecule has 0 spiro atoms. The molecular weight excluding hydrogens is 407 g/mol. The van der Waals surface area contributed by atoms with Crippen molar-refractivity contribution in [3.63, 3.8) is 0 Å². The highest BCUT2D eigenvalue weighted by Gasteiger charge is 2.37. The van der Waals surface area contributed by atoms with Crippen LogP contribution in [0.3, 0.4) is 0 Å². The Morgan fingerprint density at radius 2 is 2.06 bits per heavy atom. The van der Waals surface area contributed by atoms with E-state index in [4.69, 9.17) is 4.74 Å². The largest absolute Gasteiger partial charge is 0.431 e. The molecule has 0 saturated carbocycles. The van der Waals surface area contributed by atoms with E-state index < -0.39 is 11.9 Å². The Hall–Kier alpha value is -2.65. The second-order valence-electron chi connectivity index (χ2n) is 8.27. The van der Waals surface area contributed by atoms with Crippen molar-refractivity contribution in [2.24, 2.45) is 0 Å². The number of benzene rings is 1. The SMILES string of the molecule is C[C@@H]1CN([C@@H]2CCc3ccccc3[C@H]2Nc2ncnc3[nH]c(C(F)(F)F)cc23)CCO1. The number of aromatic amines is 1. The van der Waals surface area contributed by atoms with Gasteiger partial charge in [-0.2, -0.15) is 13.2 Å². The molecule has 3 heterocycles. The van der Waals surface area contributed by atoms with Gasteiger partial charge in [0.15, 0.2) is 0 Å². The van der Waals surface area contributed by atoms with E-state index in [1.54, 1.807) is 0 Å². The van der Waals surface area contributed by atoms with Crippen LogP contribution in [-0.2, 0) is 17.3 Å². The van der Waals surface area contributed by atoms with E-state index in [1.165, 1.54) is 11.9 Å². The molecule has 0 unspecified atom stereocenters. The number of morpholine rings is 1. The summed E-state index contributed by atoms with van der Waals surface area (Å²) < 4.78 is 45.4. The average molecular weight is 431 g/mol. The summed E-state index contributed by atoms with van der Waals surface area (Å²) in [5.74, 6) is 0.407. The number of rotatable bonds is 3. The smallest absolute Gasteiger partial charge is 0.376 e. The van der Waals surface area contributed by atoms with Gasteiger partial charge in [-0.25, -0.2) is 9.97 Å². The molecular formula is C22H24F3N5O. The molecule has 1 aromatic carbocycles. The Morgan fingerprint density at radius 3 is 2.87 bits per heavy atom. The maximum Gasteiger partial charge on any atom is 0.431 e. The van der Waals surface area contributed by atoms with E-state index >= 15 is 0 Å². The van der Waals surface area contributed by atoms with E-state index in [1.807, 2.05) is 12.1 Å². The maximum absolute atomic E-state index is 13.2. The van der Waals surface area contributed by atoms with E-state index in [0.29, 0.717) is 17.8 Å². The second-order valence-corrected chi connectivity index (χ2v) is 8.27. The number of aryl methyl sites for hydroxylation is 1. The van der Waals surface area contributed by atoms with E-state index in [2.05, 4.69) is 44.2 Å². The zero-order valence-electron chi connectivity index (χ0n) is 17.1. The number of ether oxygens (including phenoxy) is 1. The first-order valence-corrected chi connectivity index (χ1v) is 10.5. The van der Waals surface area contributed by atoms with Gasteiger partial charge in [0.25, 0.3) is 0 Å². The first kappa shape index (κ1) is 20.3. The molecule has 6 nitrogen and oxygen atoms in total. The van der Waals surface area contributed by atoms with Crippen molar-refractivity contribution >= 4 is 16.9 Å². The van der Waals surface area contributed by atoms with Gasteiger partial charge in [0.05, 0.1) is 24.1 Å². The number of nitrogens with zero attached hydrogens (tertiary/aromatic N) is 3. The number of H-pyrrole nitrogens is 1. The molecule has 31 heavy (non-hydrogen) atoms. The zero-order chi connectivity index (χ0) is 21.6. The predicted molar refractivity (Wildman–Crippen MR) is 111 cm³/mol. The molecule has 164 valence electrons. The first-order valence-electron chi connectivity index (χ1n) is 10.5. The van der Waals surface area contributed by atoms with Crippen LogP contribution in [-0.4, -0.2) is 51.7 Å². The Balaban J connectivity index is 1.54. The van der Waals surface area contributed by atoms with Crippen molar-refractivity contribution in [3.8, 4) is 0 Å². The van der Waals surface area contributed by atoms with Crippen molar-refractivity contribution < 1.29 is 17.9 Å². The molecule has 1 saturated heterocycles. The van der Waals surface area contributed by atoms with Crippen LogP contribution < -0.4 is 5.32 Å². The van der Waals surface area contributed by atoms with Gasteiger partial charge < -0.3 is 15.0 Å². The summed E-state index contributed by atoms with van der Waals surface area (Å²) in [5.41, 5.74) is 1.77. The highest BCUT2D eigenvalue weighted by molar-refractivity contribution is 5.88. The molecule has 2 aliphatic rings. The third-order valence-corrected chi connectivity index (χ3v) is 6.25. The van der Waals surface area contributed by atoms with Crippen LogP contribution in [0.15, 0.2) is 36.7 Å². The predicted octanol–water partition coefficient (Wildman–Crippen LogP) is 4.17. The summed E-state index contributed by atoms with van der Waals surface area (Å²) in [5, 5.41) is 3.83. The van der Waals surface area contributed by atoms with Crippen molar-refractivity contribution in [2.45, 2.75) is 44.1 Å². The summed E-state index contributed by atoms with van der Waals surface area (Å²) >= 11 is 0. The lowest BCUT2D eigenvalue weighted by atomic mass is 9.83. The third kappa shape index (κ3) is 3.87. The first-order chi connectivity index (χ1) is 14.9. The quantitative estimate of drug-likeness (QED) is 0.652. The van der Waals surface area contributed by atoms with Crippen molar-refractivity contribution in [2.75, 3.05) is 25.0 Å². The molecule has 9 heteroatoms. The normalized spacial score (nSPS) is 24.8. The Morgan fingerprint density at radius 1 is 1.23 bits per heavy atom. The van der Waals surface area contributed by atoms with Gasteiger partial charge in [-0.3, -0.25) is 4.90 Å². The fourth-order valence-electron chi connectivity index (χ4n) is 4.81. The van der Waals surface area contributed by atoms with Crippen LogP contribution in [0.2, 0.25) is 0 Å². The average Bonchev–Trinajstić information content (AvgIpc) is 3.20. The molecule has 5 rings (SSSR count). The minimum atomic E-state index is -4.47. The van der Waals surface area contributed by atoms with Gasteiger partial charge in [0, 0.05) is 19.1 Å². The van der Waals surface area contributed by atoms with Crippen molar-refractivity contribution in [1.29, 1.82) is 0 Å². The monoisotopic (exact) mass is 431 g/mol. The number of halogens is 3. The van der Waals surface area contributed by atoms with E-state index in [-0.39, 0.29) is 23.8 Å². The standard InChI is InChI=1S/C22H24F3N5O/c1-13-11-30(8-9-31-13)17-7-6-14-4-2-3-5-15(14)19(17)29-21-16-10-18(22(23,24)25)28-20(16)26-12-27-21/h2-5,10,12-13,17,19H,6-9,11H2,1H3,(H2,26,27,28,29)/t13-,17-,19-/m1/s1. The van der Waals surface area contributed by atoms with Gasteiger partial charge in [0.2, 0.25) is 0 Å². The van der Waals surface area contributed by atoms with E-state index in [9.17, 15) is 13.2 Å². The van der Waals surface area contributed by atoms with Crippen LogP contribution >= 0.6 is 0 Å². The topological polar surface area (TPSA) is 66.1 Å². The van der Waals surface area contributed by atoms with Gasteiger partial charge >= 0.3 is 6.18 Å². The number of alkyl halides is 3. The summed E-state index contributed by atoms with van der Waals surface area (Å²) in [6, 6.07) is 9.42. The molecule has 0 amide bonds. The Kier molecular flexibility index (Phi) is 5.10. The number of hydrogen-bond acceptors (Lipinski definition) is 5. The molecule has 2 N–H and O–H groups in total. The van der Waals surface area contributed by atoms with Crippen LogP contribution in [0.25, 0.3) is 11.0 Å². The molecule has 1 fully saturated rings. The van der Waals surface area contributed by atoms with Gasteiger partial charge in [-0.15, -0.1) is 0 Å². The number of fused-ring (bicyclic) bond motifs is 2. The van der Waals surface area contributed by atoms with Gasteiger partial charge in [0.1, 0.15) is 23.5 Å². The lowest BCUT2D eigenvalue weighted by Crippen LogP contribution is -2.51. The second kappa shape index (κ2) is 7.80.